The number of piperazine rings is 2. The van der Waals surface area contributed by atoms with E-state index in [1.807, 2.05) is 4.90 Å². The van der Waals surface area contributed by atoms with Gasteiger partial charge >= 0.3 is 0 Å². The van der Waals surface area contributed by atoms with E-state index in [4.69, 9.17) is 4.99 Å². The summed E-state index contributed by atoms with van der Waals surface area (Å²) in [5.74, 6) is 0.135. The van der Waals surface area contributed by atoms with Crippen molar-refractivity contribution in [2.24, 2.45) is 4.99 Å². The van der Waals surface area contributed by atoms with Crippen LogP contribution in [0.15, 0.2) is 23.2 Å². The average molecular weight is 550 g/mol. The molecule has 176 valence electrons. The topological polar surface area (TPSA) is 37.4 Å². The van der Waals surface area contributed by atoms with Crippen LogP contribution >= 0.6 is 24.0 Å². The number of hydrogen-bond donors (Lipinski definition) is 1. The van der Waals surface area contributed by atoms with Gasteiger partial charge in [-0.25, -0.2) is 8.78 Å². The molecule has 0 aliphatic carbocycles. The molecule has 2 aliphatic heterocycles. The molecule has 1 N–H and O–H groups in total. The molecule has 0 bridgehead atoms. The summed E-state index contributed by atoms with van der Waals surface area (Å²) in [5.41, 5.74) is 0.344. The Bertz CT molecular complexity index is 703. The zero-order valence-corrected chi connectivity index (χ0v) is 21.3. The van der Waals surface area contributed by atoms with Crippen molar-refractivity contribution in [3.8, 4) is 0 Å². The van der Waals surface area contributed by atoms with Crippen LogP contribution in [-0.4, -0.2) is 98.7 Å². The lowest BCUT2D eigenvalue weighted by atomic mass is 10.2. The molecule has 1 unspecified atom stereocenters. The zero-order valence-electron chi connectivity index (χ0n) is 19.0. The molecule has 9 heteroatoms. The van der Waals surface area contributed by atoms with E-state index in [0.29, 0.717) is 24.8 Å². The van der Waals surface area contributed by atoms with Crippen molar-refractivity contribution in [1.29, 1.82) is 0 Å². The monoisotopic (exact) mass is 550 g/mol. The SMILES string of the molecule is CCNC(=NCC(C)N1CCN(CC)CC1)N1CCN(c2cc(F)ccc2F)CC1.I. The Labute approximate surface area is 202 Å². The van der Waals surface area contributed by atoms with Gasteiger partial charge in [-0.05, 0) is 32.5 Å². The molecule has 0 aromatic heterocycles. The Morgan fingerprint density at radius 3 is 2.32 bits per heavy atom. The van der Waals surface area contributed by atoms with Gasteiger partial charge < -0.3 is 20.0 Å². The van der Waals surface area contributed by atoms with Gasteiger partial charge in [0, 0.05) is 71.0 Å². The second-order valence-electron chi connectivity index (χ2n) is 8.08. The average Bonchev–Trinajstić information content (AvgIpc) is 2.78. The molecule has 0 spiro atoms. The van der Waals surface area contributed by atoms with E-state index >= 15 is 0 Å². The third-order valence-corrected chi connectivity index (χ3v) is 6.15. The molecular weight excluding hydrogens is 513 g/mol. The van der Waals surface area contributed by atoms with Gasteiger partial charge in [0.2, 0.25) is 0 Å². The van der Waals surface area contributed by atoms with Gasteiger partial charge in [-0.1, -0.05) is 6.92 Å². The second kappa shape index (κ2) is 12.7. The molecule has 0 radical (unpaired) electrons. The predicted molar refractivity (Wildman–Crippen MR) is 135 cm³/mol. The fourth-order valence-electron chi connectivity index (χ4n) is 4.17. The Balaban J connectivity index is 0.00000341. The largest absolute Gasteiger partial charge is 0.366 e. The summed E-state index contributed by atoms with van der Waals surface area (Å²) in [7, 11) is 0. The van der Waals surface area contributed by atoms with Crippen LogP contribution in [0.2, 0.25) is 0 Å². The summed E-state index contributed by atoms with van der Waals surface area (Å²) in [6.45, 7) is 16.4. The van der Waals surface area contributed by atoms with Gasteiger partial charge in [0.25, 0.3) is 0 Å². The summed E-state index contributed by atoms with van der Waals surface area (Å²) in [4.78, 5) is 14.0. The molecule has 1 atom stereocenters. The fraction of sp³-hybridized carbons (Fsp3) is 0.682. The van der Waals surface area contributed by atoms with Gasteiger partial charge in [-0.3, -0.25) is 9.89 Å². The number of hydrogen-bond acceptors (Lipinski definition) is 4. The van der Waals surface area contributed by atoms with E-state index in [1.54, 1.807) is 0 Å². The molecule has 6 nitrogen and oxygen atoms in total. The number of aliphatic imine (C=N–C) groups is 1. The van der Waals surface area contributed by atoms with E-state index < -0.39 is 5.82 Å². The van der Waals surface area contributed by atoms with Crippen molar-refractivity contribution in [2.45, 2.75) is 26.8 Å². The number of anilines is 1. The number of rotatable bonds is 6. The van der Waals surface area contributed by atoms with Crippen molar-refractivity contribution in [3.05, 3.63) is 29.8 Å². The first-order chi connectivity index (χ1) is 14.5. The highest BCUT2D eigenvalue weighted by molar-refractivity contribution is 14.0. The number of halogens is 3. The minimum Gasteiger partial charge on any atom is -0.366 e. The van der Waals surface area contributed by atoms with Crippen LogP contribution < -0.4 is 10.2 Å². The van der Waals surface area contributed by atoms with Crippen molar-refractivity contribution in [1.82, 2.24) is 20.0 Å². The highest BCUT2D eigenvalue weighted by Crippen LogP contribution is 2.22. The minimum atomic E-state index is -0.405. The second-order valence-corrected chi connectivity index (χ2v) is 8.08. The van der Waals surface area contributed by atoms with Crippen LogP contribution in [0.1, 0.15) is 20.8 Å². The van der Waals surface area contributed by atoms with Crippen molar-refractivity contribution in [3.63, 3.8) is 0 Å². The lowest BCUT2D eigenvalue weighted by Gasteiger charge is -2.39. The van der Waals surface area contributed by atoms with Crippen molar-refractivity contribution >= 4 is 35.6 Å². The number of nitrogens with zero attached hydrogens (tertiary/aromatic N) is 5. The molecular formula is C22H37F2IN6. The van der Waals surface area contributed by atoms with E-state index in [2.05, 4.69) is 40.8 Å². The minimum absolute atomic E-state index is 0. The van der Waals surface area contributed by atoms with Crippen molar-refractivity contribution < 1.29 is 8.78 Å². The first kappa shape index (κ1) is 26.1. The number of guanidine groups is 1. The van der Waals surface area contributed by atoms with Crippen LogP contribution in [0.3, 0.4) is 0 Å². The van der Waals surface area contributed by atoms with E-state index in [-0.39, 0.29) is 29.8 Å². The lowest BCUT2D eigenvalue weighted by Crippen LogP contribution is -2.53. The van der Waals surface area contributed by atoms with Gasteiger partial charge in [-0.15, -0.1) is 24.0 Å². The van der Waals surface area contributed by atoms with E-state index in [1.165, 1.54) is 12.1 Å². The molecule has 2 saturated heterocycles. The van der Waals surface area contributed by atoms with Gasteiger partial charge in [-0.2, -0.15) is 0 Å². The lowest BCUT2D eigenvalue weighted by molar-refractivity contribution is 0.109. The summed E-state index contributed by atoms with van der Waals surface area (Å²) >= 11 is 0. The first-order valence-electron chi connectivity index (χ1n) is 11.2. The Morgan fingerprint density at radius 1 is 1.03 bits per heavy atom. The Kier molecular flexibility index (Phi) is 10.7. The van der Waals surface area contributed by atoms with Crippen LogP contribution in [0.5, 0.6) is 0 Å². The van der Waals surface area contributed by atoms with Crippen LogP contribution in [-0.2, 0) is 0 Å². The normalized spacial score (nSPS) is 19.8. The summed E-state index contributed by atoms with van der Waals surface area (Å²) in [6, 6.07) is 4.04. The molecule has 1 aromatic carbocycles. The van der Waals surface area contributed by atoms with Crippen LogP contribution in [0.4, 0.5) is 14.5 Å². The molecule has 0 amide bonds. The van der Waals surface area contributed by atoms with Gasteiger partial charge in [0.05, 0.1) is 12.2 Å². The smallest absolute Gasteiger partial charge is 0.194 e. The molecule has 1 aromatic rings. The predicted octanol–water partition coefficient (Wildman–Crippen LogP) is 2.70. The highest BCUT2D eigenvalue weighted by atomic mass is 127. The van der Waals surface area contributed by atoms with Crippen LogP contribution in [0, 0.1) is 11.6 Å². The van der Waals surface area contributed by atoms with Gasteiger partial charge in [0.15, 0.2) is 5.96 Å². The molecule has 2 aliphatic rings. The first-order valence-corrected chi connectivity index (χ1v) is 11.2. The zero-order chi connectivity index (χ0) is 21.5. The Hall–Kier alpha value is -1.20. The summed E-state index contributed by atoms with van der Waals surface area (Å²) < 4.78 is 27.6. The summed E-state index contributed by atoms with van der Waals surface area (Å²) in [5, 5.41) is 3.40. The van der Waals surface area contributed by atoms with Crippen molar-refractivity contribution in [2.75, 3.05) is 76.9 Å². The summed E-state index contributed by atoms with van der Waals surface area (Å²) in [6.07, 6.45) is 0. The maximum atomic E-state index is 14.1. The fourth-order valence-corrected chi connectivity index (χ4v) is 4.17. The molecule has 2 fully saturated rings. The Morgan fingerprint density at radius 2 is 1.71 bits per heavy atom. The third kappa shape index (κ3) is 7.15. The van der Waals surface area contributed by atoms with Crippen LogP contribution in [0.25, 0.3) is 0 Å². The third-order valence-electron chi connectivity index (χ3n) is 6.15. The standard InChI is InChI=1S/C22H36F2N6.HI/c1-4-25-22(26-17-18(3)28-10-8-27(5-2)9-11-28)30-14-12-29(13-15-30)21-16-19(23)6-7-20(21)24;/h6-7,16,18H,4-5,8-15,17H2,1-3H3,(H,25,26);1H. The maximum Gasteiger partial charge on any atom is 0.194 e. The molecule has 31 heavy (non-hydrogen) atoms. The molecule has 0 saturated carbocycles. The molecule has 2 heterocycles. The number of nitrogens with one attached hydrogen (secondary N) is 1. The van der Waals surface area contributed by atoms with E-state index in [0.717, 1.165) is 70.9 Å². The maximum absolute atomic E-state index is 14.1. The highest BCUT2D eigenvalue weighted by Gasteiger charge is 2.23. The molecule has 3 rings (SSSR count). The number of benzene rings is 1. The number of likely N-dealkylation sites (N-methyl/N-ethyl adjacent to an activating group) is 1. The quantitative estimate of drug-likeness (QED) is 0.335. The van der Waals surface area contributed by atoms with Gasteiger partial charge in [0.1, 0.15) is 11.6 Å². The van der Waals surface area contributed by atoms with E-state index in [9.17, 15) is 8.78 Å².